The molecule has 0 amide bonds. The van der Waals surface area contributed by atoms with Crippen molar-refractivity contribution in [3.8, 4) is 5.75 Å². The maximum absolute atomic E-state index is 5.52. The quantitative estimate of drug-likeness (QED) is 0.855. The minimum atomic E-state index is 0.441. The van der Waals surface area contributed by atoms with E-state index in [2.05, 4.69) is 37.4 Å². The molecule has 1 saturated carbocycles. The highest BCUT2D eigenvalue weighted by molar-refractivity contribution is 5.36. The number of methoxy groups -OCH3 is 1. The summed E-state index contributed by atoms with van der Waals surface area (Å²) in [7, 11) is 1.76. The number of rotatable bonds is 5. The molecule has 0 saturated heterocycles. The van der Waals surface area contributed by atoms with Gasteiger partial charge in [0.25, 0.3) is 0 Å². The number of nitrogens with one attached hydrogen (secondary N) is 1. The maximum atomic E-state index is 5.52. The summed E-state index contributed by atoms with van der Waals surface area (Å²) in [6.07, 6.45) is 4.02. The largest absolute Gasteiger partial charge is 0.496 e. The lowest BCUT2D eigenvalue weighted by molar-refractivity contribution is 0.343. The van der Waals surface area contributed by atoms with Gasteiger partial charge in [0.15, 0.2) is 0 Å². The van der Waals surface area contributed by atoms with Crippen LogP contribution in [0.2, 0.25) is 0 Å². The van der Waals surface area contributed by atoms with Crippen LogP contribution in [0.3, 0.4) is 0 Å². The molecule has 0 spiro atoms. The monoisotopic (exact) mass is 247 g/mol. The van der Waals surface area contributed by atoms with Crippen LogP contribution in [0.25, 0.3) is 0 Å². The highest BCUT2D eigenvalue weighted by atomic mass is 16.5. The van der Waals surface area contributed by atoms with Crippen molar-refractivity contribution in [1.82, 2.24) is 5.32 Å². The fourth-order valence-electron chi connectivity index (χ4n) is 3.23. The van der Waals surface area contributed by atoms with Crippen molar-refractivity contribution in [1.29, 1.82) is 0 Å². The van der Waals surface area contributed by atoms with E-state index in [1.54, 1.807) is 7.11 Å². The molecule has 1 aromatic rings. The molecule has 18 heavy (non-hydrogen) atoms. The Morgan fingerprint density at radius 2 is 2.11 bits per heavy atom. The summed E-state index contributed by atoms with van der Waals surface area (Å²) in [5.74, 6) is 2.63. The van der Waals surface area contributed by atoms with E-state index in [1.165, 1.54) is 24.8 Å². The lowest BCUT2D eigenvalue weighted by atomic mass is 9.90. The van der Waals surface area contributed by atoms with E-state index in [1.807, 2.05) is 6.07 Å². The highest BCUT2D eigenvalue weighted by Gasteiger charge is 2.30. The molecule has 2 nitrogen and oxygen atoms in total. The first kappa shape index (κ1) is 13.4. The van der Waals surface area contributed by atoms with E-state index in [0.717, 1.165) is 24.1 Å². The first-order chi connectivity index (χ1) is 8.76. The van der Waals surface area contributed by atoms with Crippen LogP contribution in [0.1, 0.15) is 44.7 Å². The summed E-state index contributed by atoms with van der Waals surface area (Å²) in [5.41, 5.74) is 1.32. The molecule has 0 heterocycles. The third-order valence-corrected chi connectivity index (χ3v) is 4.10. The Kier molecular flexibility index (Phi) is 4.65. The molecule has 0 bridgehead atoms. The standard InChI is InChI=1S/C16H25NO/c1-4-17-16(13-10-9-12(2)11-13)14-7-5-6-8-15(14)18-3/h5-8,12-13,16-17H,4,9-11H2,1-3H3. The average molecular weight is 247 g/mol. The Hall–Kier alpha value is -1.02. The van der Waals surface area contributed by atoms with Crippen molar-refractivity contribution < 1.29 is 4.74 Å². The van der Waals surface area contributed by atoms with E-state index in [-0.39, 0.29) is 0 Å². The minimum absolute atomic E-state index is 0.441. The van der Waals surface area contributed by atoms with Gasteiger partial charge in [-0.1, -0.05) is 38.5 Å². The normalized spacial score (nSPS) is 25.1. The molecule has 1 N–H and O–H groups in total. The molecule has 1 aliphatic carbocycles. The van der Waals surface area contributed by atoms with Crippen molar-refractivity contribution in [2.75, 3.05) is 13.7 Å². The second-order valence-electron chi connectivity index (χ2n) is 5.46. The van der Waals surface area contributed by atoms with Crippen LogP contribution < -0.4 is 10.1 Å². The summed E-state index contributed by atoms with van der Waals surface area (Å²) in [6, 6.07) is 8.87. The predicted molar refractivity (Wildman–Crippen MR) is 75.9 cm³/mol. The topological polar surface area (TPSA) is 21.3 Å². The van der Waals surface area contributed by atoms with E-state index < -0.39 is 0 Å². The van der Waals surface area contributed by atoms with Gasteiger partial charge in [0.1, 0.15) is 5.75 Å². The molecule has 0 aromatic heterocycles. The summed E-state index contributed by atoms with van der Waals surface area (Å²) >= 11 is 0. The van der Waals surface area contributed by atoms with E-state index in [9.17, 15) is 0 Å². The van der Waals surface area contributed by atoms with Gasteiger partial charge in [0.2, 0.25) is 0 Å². The van der Waals surface area contributed by atoms with Crippen LogP contribution >= 0.6 is 0 Å². The first-order valence-electron chi connectivity index (χ1n) is 7.12. The summed E-state index contributed by atoms with van der Waals surface area (Å²) in [4.78, 5) is 0. The van der Waals surface area contributed by atoms with Crippen molar-refractivity contribution in [2.24, 2.45) is 11.8 Å². The Labute approximate surface area is 111 Å². The molecule has 0 radical (unpaired) electrons. The van der Waals surface area contributed by atoms with E-state index in [4.69, 9.17) is 4.74 Å². The van der Waals surface area contributed by atoms with Gasteiger partial charge in [-0.25, -0.2) is 0 Å². The zero-order valence-corrected chi connectivity index (χ0v) is 11.8. The van der Waals surface area contributed by atoms with Gasteiger partial charge in [-0.15, -0.1) is 0 Å². The van der Waals surface area contributed by atoms with Crippen LogP contribution in [-0.2, 0) is 0 Å². The third kappa shape index (κ3) is 2.86. The Morgan fingerprint density at radius 3 is 2.72 bits per heavy atom. The molecule has 2 rings (SSSR count). The minimum Gasteiger partial charge on any atom is -0.496 e. The lowest BCUT2D eigenvalue weighted by Crippen LogP contribution is -2.27. The fraction of sp³-hybridized carbons (Fsp3) is 0.625. The number of ether oxygens (including phenoxy) is 1. The van der Waals surface area contributed by atoms with Crippen LogP contribution in [0.4, 0.5) is 0 Å². The molecular formula is C16H25NO. The van der Waals surface area contributed by atoms with Crippen LogP contribution in [0, 0.1) is 11.8 Å². The summed E-state index contributed by atoms with van der Waals surface area (Å²) in [6.45, 7) is 5.56. The predicted octanol–water partition coefficient (Wildman–Crippen LogP) is 3.78. The molecular weight excluding hydrogens is 222 g/mol. The van der Waals surface area contributed by atoms with Gasteiger partial charge in [0, 0.05) is 11.6 Å². The summed E-state index contributed by atoms with van der Waals surface area (Å²) < 4.78 is 5.52. The van der Waals surface area contributed by atoms with Gasteiger partial charge in [-0.2, -0.15) is 0 Å². The zero-order chi connectivity index (χ0) is 13.0. The van der Waals surface area contributed by atoms with E-state index >= 15 is 0 Å². The zero-order valence-electron chi connectivity index (χ0n) is 11.8. The molecule has 2 heteroatoms. The van der Waals surface area contributed by atoms with Crippen molar-refractivity contribution >= 4 is 0 Å². The SMILES string of the molecule is CCNC(c1ccccc1OC)C1CCC(C)C1. The summed E-state index contributed by atoms with van der Waals surface area (Å²) in [5, 5.41) is 3.66. The van der Waals surface area contributed by atoms with Crippen LogP contribution in [0.5, 0.6) is 5.75 Å². The van der Waals surface area contributed by atoms with Gasteiger partial charge in [0.05, 0.1) is 7.11 Å². The smallest absolute Gasteiger partial charge is 0.123 e. The Bertz CT molecular complexity index is 377. The van der Waals surface area contributed by atoms with Gasteiger partial charge < -0.3 is 10.1 Å². The third-order valence-electron chi connectivity index (χ3n) is 4.10. The van der Waals surface area contributed by atoms with Crippen molar-refractivity contribution in [3.05, 3.63) is 29.8 Å². The van der Waals surface area contributed by atoms with Crippen LogP contribution in [-0.4, -0.2) is 13.7 Å². The van der Waals surface area contributed by atoms with Crippen molar-refractivity contribution in [3.63, 3.8) is 0 Å². The lowest BCUT2D eigenvalue weighted by Gasteiger charge is -2.26. The fourth-order valence-corrected chi connectivity index (χ4v) is 3.23. The highest BCUT2D eigenvalue weighted by Crippen LogP contribution is 2.41. The second kappa shape index (κ2) is 6.24. The molecule has 3 unspecified atom stereocenters. The van der Waals surface area contributed by atoms with E-state index in [0.29, 0.717) is 6.04 Å². The molecule has 3 atom stereocenters. The molecule has 1 fully saturated rings. The van der Waals surface area contributed by atoms with Crippen molar-refractivity contribution in [2.45, 2.75) is 39.2 Å². The maximum Gasteiger partial charge on any atom is 0.123 e. The molecule has 0 aliphatic heterocycles. The number of hydrogen-bond acceptors (Lipinski definition) is 2. The Balaban J connectivity index is 2.23. The number of para-hydroxylation sites is 1. The average Bonchev–Trinajstić information content (AvgIpc) is 2.82. The number of hydrogen-bond donors (Lipinski definition) is 1. The molecule has 1 aliphatic rings. The van der Waals surface area contributed by atoms with Gasteiger partial charge >= 0.3 is 0 Å². The molecule has 1 aromatic carbocycles. The second-order valence-corrected chi connectivity index (χ2v) is 5.46. The van der Waals surface area contributed by atoms with Crippen LogP contribution in [0.15, 0.2) is 24.3 Å². The van der Waals surface area contributed by atoms with Gasteiger partial charge in [-0.05, 0) is 37.3 Å². The molecule has 100 valence electrons. The van der Waals surface area contributed by atoms with Gasteiger partial charge in [-0.3, -0.25) is 0 Å². The Morgan fingerprint density at radius 1 is 1.33 bits per heavy atom. The first-order valence-corrected chi connectivity index (χ1v) is 7.12. The number of benzene rings is 1.